The first kappa shape index (κ1) is 12.0. The Hall–Kier alpha value is -1.51. The van der Waals surface area contributed by atoms with Gasteiger partial charge in [0.1, 0.15) is 5.75 Å². The standard InChI is InChI=1S/C14H19NO2/c1-13(2)12(14(13,3)4)15-11(17)9-5-7-10(16)8-6-9/h5-8,12,16H,1-4H3,(H,15,17). The Morgan fingerprint density at radius 3 is 2.00 bits per heavy atom. The monoisotopic (exact) mass is 233 g/mol. The molecule has 1 aliphatic carbocycles. The van der Waals surface area contributed by atoms with Gasteiger partial charge in [0.15, 0.2) is 0 Å². The van der Waals surface area contributed by atoms with Gasteiger partial charge in [-0.3, -0.25) is 4.79 Å². The molecule has 1 saturated carbocycles. The van der Waals surface area contributed by atoms with Crippen molar-refractivity contribution < 1.29 is 9.90 Å². The lowest BCUT2D eigenvalue weighted by molar-refractivity contribution is 0.0943. The zero-order valence-corrected chi connectivity index (χ0v) is 10.7. The summed E-state index contributed by atoms with van der Waals surface area (Å²) in [6, 6.07) is 6.52. The number of hydrogen-bond donors (Lipinski definition) is 2. The number of phenols is 1. The minimum absolute atomic E-state index is 0.0753. The van der Waals surface area contributed by atoms with Crippen molar-refractivity contribution in [3.63, 3.8) is 0 Å². The minimum atomic E-state index is -0.0753. The number of aromatic hydroxyl groups is 1. The molecular formula is C14H19NO2. The first-order valence-electron chi connectivity index (χ1n) is 5.87. The lowest BCUT2D eigenvalue weighted by Crippen LogP contribution is -2.29. The van der Waals surface area contributed by atoms with Gasteiger partial charge in [0, 0.05) is 11.6 Å². The number of amides is 1. The molecule has 92 valence electrons. The van der Waals surface area contributed by atoms with E-state index in [-0.39, 0.29) is 28.5 Å². The molecule has 0 heterocycles. The van der Waals surface area contributed by atoms with Gasteiger partial charge in [0.25, 0.3) is 5.91 Å². The zero-order valence-electron chi connectivity index (χ0n) is 10.7. The number of phenolic OH excluding ortho intramolecular Hbond substituents is 1. The minimum Gasteiger partial charge on any atom is -0.508 e. The molecule has 0 atom stereocenters. The van der Waals surface area contributed by atoms with Crippen LogP contribution in [0.2, 0.25) is 0 Å². The Kier molecular flexibility index (Phi) is 2.45. The average Bonchev–Trinajstić information content (AvgIpc) is 2.62. The summed E-state index contributed by atoms with van der Waals surface area (Å²) in [5, 5.41) is 12.2. The topological polar surface area (TPSA) is 49.3 Å². The van der Waals surface area contributed by atoms with E-state index < -0.39 is 0 Å². The first-order chi connectivity index (χ1) is 7.76. The van der Waals surface area contributed by atoms with E-state index in [2.05, 4.69) is 33.0 Å². The third-order valence-electron chi connectivity index (χ3n) is 4.43. The number of carbonyl (C=O) groups excluding carboxylic acids is 1. The Labute approximate surface area is 102 Å². The summed E-state index contributed by atoms with van der Waals surface area (Å²) < 4.78 is 0. The van der Waals surface area contributed by atoms with Crippen molar-refractivity contribution in [3.8, 4) is 5.75 Å². The van der Waals surface area contributed by atoms with Gasteiger partial charge in [-0.15, -0.1) is 0 Å². The number of carbonyl (C=O) groups is 1. The molecule has 2 rings (SSSR count). The predicted octanol–water partition coefficient (Wildman–Crippen LogP) is 2.56. The maximum atomic E-state index is 12.0. The van der Waals surface area contributed by atoms with Crippen LogP contribution < -0.4 is 5.32 Å². The van der Waals surface area contributed by atoms with Crippen molar-refractivity contribution in [1.82, 2.24) is 5.32 Å². The van der Waals surface area contributed by atoms with E-state index in [1.54, 1.807) is 12.1 Å². The third kappa shape index (κ3) is 1.79. The second-order valence-electron chi connectivity index (χ2n) is 5.90. The van der Waals surface area contributed by atoms with Crippen LogP contribution in [0.3, 0.4) is 0 Å². The molecule has 2 N–H and O–H groups in total. The van der Waals surface area contributed by atoms with Crippen LogP contribution in [0.1, 0.15) is 38.1 Å². The summed E-state index contributed by atoms with van der Waals surface area (Å²) in [7, 11) is 0. The molecule has 1 fully saturated rings. The van der Waals surface area contributed by atoms with E-state index in [9.17, 15) is 4.79 Å². The molecule has 0 spiro atoms. The quantitative estimate of drug-likeness (QED) is 0.824. The Balaban J connectivity index is 2.07. The van der Waals surface area contributed by atoms with Crippen LogP contribution in [0.5, 0.6) is 5.75 Å². The van der Waals surface area contributed by atoms with E-state index in [0.717, 1.165) is 0 Å². The molecule has 3 heteroatoms. The van der Waals surface area contributed by atoms with Crippen LogP contribution >= 0.6 is 0 Å². The van der Waals surface area contributed by atoms with Crippen LogP contribution in [-0.2, 0) is 0 Å². The Morgan fingerprint density at radius 2 is 1.59 bits per heavy atom. The van der Waals surface area contributed by atoms with Crippen LogP contribution in [0.4, 0.5) is 0 Å². The number of nitrogens with one attached hydrogen (secondary N) is 1. The van der Waals surface area contributed by atoms with Gasteiger partial charge in [-0.2, -0.15) is 0 Å². The molecule has 0 bridgehead atoms. The third-order valence-corrected chi connectivity index (χ3v) is 4.43. The van der Waals surface area contributed by atoms with Gasteiger partial charge < -0.3 is 10.4 Å². The molecule has 1 aromatic carbocycles. The molecule has 0 aliphatic heterocycles. The van der Waals surface area contributed by atoms with Gasteiger partial charge >= 0.3 is 0 Å². The van der Waals surface area contributed by atoms with Crippen LogP contribution in [-0.4, -0.2) is 17.1 Å². The van der Waals surface area contributed by atoms with Crippen molar-refractivity contribution in [1.29, 1.82) is 0 Å². The summed E-state index contributed by atoms with van der Waals surface area (Å²) in [5.41, 5.74) is 0.861. The molecule has 1 aliphatic rings. The van der Waals surface area contributed by atoms with Gasteiger partial charge in [-0.1, -0.05) is 27.7 Å². The highest BCUT2D eigenvalue weighted by Crippen LogP contribution is 2.62. The molecule has 1 aromatic rings. The highest BCUT2D eigenvalue weighted by molar-refractivity contribution is 5.94. The van der Waals surface area contributed by atoms with Crippen LogP contribution in [0.25, 0.3) is 0 Å². The molecule has 0 radical (unpaired) electrons. The Morgan fingerprint density at radius 1 is 1.12 bits per heavy atom. The fraction of sp³-hybridized carbons (Fsp3) is 0.500. The van der Waals surface area contributed by atoms with E-state index in [1.165, 1.54) is 12.1 Å². The molecule has 3 nitrogen and oxygen atoms in total. The normalized spacial score (nSPS) is 20.9. The van der Waals surface area contributed by atoms with E-state index in [0.29, 0.717) is 5.56 Å². The molecule has 17 heavy (non-hydrogen) atoms. The summed E-state index contributed by atoms with van der Waals surface area (Å²) in [5.74, 6) is 0.0993. The number of benzene rings is 1. The zero-order chi connectivity index (χ0) is 12.8. The van der Waals surface area contributed by atoms with Gasteiger partial charge in [0.2, 0.25) is 0 Å². The van der Waals surface area contributed by atoms with Crippen molar-refractivity contribution >= 4 is 5.91 Å². The molecule has 1 amide bonds. The second-order valence-corrected chi connectivity index (χ2v) is 5.90. The summed E-state index contributed by atoms with van der Waals surface area (Å²) in [4.78, 5) is 12.0. The van der Waals surface area contributed by atoms with Crippen molar-refractivity contribution in [3.05, 3.63) is 29.8 Å². The van der Waals surface area contributed by atoms with E-state index >= 15 is 0 Å². The Bertz CT molecular complexity index is 432. The molecule has 0 unspecified atom stereocenters. The fourth-order valence-electron chi connectivity index (χ4n) is 2.38. The van der Waals surface area contributed by atoms with Crippen molar-refractivity contribution in [2.24, 2.45) is 10.8 Å². The second kappa shape index (κ2) is 3.49. The predicted molar refractivity (Wildman–Crippen MR) is 66.9 cm³/mol. The molecular weight excluding hydrogens is 214 g/mol. The van der Waals surface area contributed by atoms with Crippen molar-refractivity contribution in [2.45, 2.75) is 33.7 Å². The maximum absolute atomic E-state index is 12.0. The fourth-order valence-corrected chi connectivity index (χ4v) is 2.38. The van der Waals surface area contributed by atoms with E-state index in [1.807, 2.05) is 0 Å². The SMILES string of the molecule is CC1(C)C(NC(=O)c2ccc(O)cc2)C1(C)C. The van der Waals surface area contributed by atoms with Crippen LogP contribution in [0.15, 0.2) is 24.3 Å². The van der Waals surface area contributed by atoms with Crippen molar-refractivity contribution in [2.75, 3.05) is 0 Å². The lowest BCUT2D eigenvalue weighted by Gasteiger charge is -2.06. The summed E-state index contributed by atoms with van der Waals surface area (Å²) in [6.07, 6.45) is 0. The van der Waals surface area contributed by atoms with Gasteiger partial charge in [-0.25, -0.2) is 0 Å². The van der Waals surface area contributed by atoms with Gasteiger partial charge in [-0.05, 0) is 35.1 Å². The first-order valence-corrected chi connectivity index (χ1v) is 5.87. The number of rotatable bonds is 2. The average molecular weight is 233 g/mol. The van der Waals surface area contributed by atoms with Crippen LogP contribution in [0, 0.1) is 10.8 Å². The summed E-state index contributed by atoms with van der Waals surface area (Å²) >= 11 is 0. The smallest absolute Gasteiger partial charge is 0.251 e. The highest BCUT2D eigenvalue weighted by Gasteiger charge is 2.65. The summed E-state index contributed by atoms with van der Waals surface area (Å²) in [6.45, 7) is 8.65. The van der Waals surface area contributed by atoms with E-state index in [4.69, 9.17) is 5.11 Å². The molecule has 0 saturated heterocycles. The lowest BCUT2D eigenvalue weighted by atomic mass is 10.0. The number of hydrogen-bond acceptors (Lipinski definition) is 2. The maximum Gasteiger partial charge on any atom is 0.251 e. The van der Waals surface area contributed by atoms with Gasteiger partial charge in [0.05, 0.1) is 0 Å². The molecule has 0 aromatic heterocycles. The highest BCUT2D eigenvalue weighted by atomic mass is 16.3. The largest absolute Gasteiger partial charge is 0.508 e.